The average molecular weight is 383 g/mol. The van der Waals surface area contributed by atoms with E-state index in [0.717, 1.165) is 5.82 Å². The number of anilines is 1. The molecule has 0 unspecified atom stereocenters. The van der Waals surface area contributed by atoms with Crippen molar-refractivity contribution < 1.29 is 13.9 Å². The third-order valence-electron chi connectivity index (χ3n) is 4.58. The van der Waals surface area contributed by atoms with E-state index in [1.165, 1.54) is 30.3 Å². The number of ether oxygens (including phenoxy) is 1. The number of nitrogens with zero attached hydrogens (tertiary/aromatic N) is 7. The second-order valence-electron chi connectivity index (χ2n) is 6.22. The maximum atomic E-state index is 13.9. The fourth-order valence-corrected chi connectivity index (χ4v) is 3.06. The first-order valence-electron chi connectivity index (χ1n) is 8.72. The predicted molar refractivity (Wildman–Crippen MR) is 98.0 cm³/mol. The van der Waals surface area contributed by atoms with Gasteiger partial charge >= 0.3 is 0 Å². The van der Waals surface area contributed by atoms with Gasteiger partial charge in [-0.3, -0.25) is 4.79 Å². The highest BCUT2D eigenvalue weighted by atomic mass is 19.1. The van der Waals surface area contributed by atoms with Gasteiger partial charge in [-0.2, -0.15) is 5.10 Å². The Morgan fingerprint density at radius 1 is 1.07 bits per heavy atom. The lowest BCUT2D eigenvalue weighted by atomic mass is 10.1. The van der Waals surface area contributed by atoms with Crippen molar-refractivity contribution in [1.29, 1.82) is 0 Å². The number of carbonyl (C=O) groups excluding carboxylic acids is 1. The predicted octanol–water partition coefficient (Wildman–Crippen LogP) is 1.17. The normalized spacial score (nSPS) is 14.2. The fourth-order valence-electron chi connectivity index (χ4n) is 3.06. The zero-order chi connectivity index (χ0) is 19.5. The summed E-state index contributed by atoms with van der Waals surface area (Å²) in [5.41, 5.74) is 0.309. The highest BCUT2D eigenvalue weighted by Crippen LogP contribution is 2.20. The second-order valence-corrected chi connectivity index (χ2v) is 6.22. The van der Waals surface area contributed by atoms with E-state index in [9.17, 15) is 9.18 Å². The van der Waals surface area contributed by atoms with Crippen LogP contribution in [-0.2, 0) is 0 Å². The number of benzene rings is 1. The second kappa shape index (κ2) is 7.59. The topological polar surface area (TPSA) is 89.3 Å². The molecule has 1 saturated heterocycles. The first-order valence-corrected chi connectivity index (χ1v) is 8.72. The van der Waals surface area contributed by atoms with Crippen LogP contribution in [0.5, 0.6) is 5.75 Å². The van der Waals surface area contributed by atoms with Crippen molar-refractivity contribution in [2.24, 2.45) is 0 Å². The minimum Gasteiger partial charge on any atom is -0.494 e. The van der Waals surface area contributed by atoms with Crippen molar-refractivity contribution in [3.05, 3.63) is 54.4 Å². The molecule has 4 rings (SSSR count). The Kier molecular flexibility index (Phi) is 4.83. The Morgan fingerprint density at radius 3 is 2.43 bits per heavy atom. The lowest BCUT2D eigenvalue weighted by Gasteiger charge is -2.35. The molecule has 10 heteroatoms. The van der Waals surface area contributed by atoms with Crippen molar-refractivity contribution in [2.75, 3.05) is 38.2 Å². The average Bonchev–Trinajstić information content (AvgIpc) is 3.28. The van der Waals surface area contributed by atoms with E-state index in [-0.39, 0.29) is 11.7 Å². The lowest BCUT2D eigenvalue weighted by molar-refractivity contribution is 0.0746. The molecule has 0 radical (unpaired) electrons. The van der Waals surface area contributed by atoms with Crippen LogP contribution in [0.25, 0.3) is 5.82 Å². The smallest absolute Gasteiger partial charge is 0.254 e. The minimum absolute atomic E-state index is 0.120. The SMILES string of the molecule is COc1ccc(C(=O)N2CCN(c3ccc(-n4cncn4)nn3)CC2)cc1F. The van der Waals surface area contributed by atoms with Crippen LogP contribution < -0.4 is 9.64 Å². The third kappa shape index (κ3) is 3.48. The molecule has 0 bridgehead atoms. The molecule has 1 amide bonds. The summed E-state index contributed by atoms with van der Waals surface area (Å²) in [5.74, 6) is 0.681. The molecule has 3 aromatic rings. The van der Waals surface area contributed by atoms with Crippen molar-refractivity contribution in [2.45, 2.75) is 0 Å². The van der Waals surface area contributed by atoms with Crippen LogP contribution >= 0.6 is 0 Å². The van der Waals surface area contributed by atoms with Crippen LogP contribution in [0, 0.1) is 5.82 Å². The number of hydrogen-bond acceptors (Lipinski definition) is 7. The largest absolute Gasteiger partial charge is 0.494 e. The molecule has 0 aliphatic carbocycles. The van der Waals surface area contributed by atoms with Gasteiger partial charge in [0, 0.05) is 31.7 Å². The van der Waals surface area contributed by atoms with Crippen LogP contribution in [0.3, 0.4) is 0 Å². The Bertz CT molecular complexity index is 955. The van der Waals surface area contributed by atoms with Gasteiger partial charge in [-0.05, 0) is 30.3 Å². The molecule has 1 aliphatic rings. The Labute approximate surface area is 160 Å². The van der Waals surface area contributed by atoms with E-state index in [4.69, 9.17) is 4.74 Å². The van der Waals surface area contributed by atoms with E-state index in [0.29, 0.717) is 37.6 Å². The summed E-state index contributed by atoms with van der Waals surface area (Å²) in [6.45, 7) is 2.25. The summed E-state index contributed by atoms with van der Waals surface area (Å²) in [5, 5.41) is 12.4. The summed E-state index contributed by atoms with van der Waals surface area (Å²) in [7, 11) is 1.39. The molecule has 0 N–H and O–H groups in total. The fraction of sp³-hybridized carbons (Fsp3) is 0.278. The third-order valence-corrected chi connectivity index (χ3v) is 4.58. The van der Waals surface area contributed by atoms with Crippen molar-refractivity contribution in [3.8, 4) is 11.6 Å². The van der Waals surface area contributed by atoms with Crippen molar-refractivity contribution in [1.82, 2.24) is 29.9 Å². The molecule has 3 heterocycles. The summed E-state index contributed by atoms with van der Waals surface area (Å²) >= 11 is 0. The van der Waals surface area contributed by atoms with Gasteiger partial charge in [-0.15, -0.1) is 10.2 Å². The number of methoxy groups -OCH3 is 1. The molecule has 28 heavy (non-hydrogen) atoms. The molecular formula is C18H18FN7O2. The highest BCUT2D eigenvalue weighted by molar-refractivity contribution is 5.94. The Morgan fingerprint density at radius 2 is 1.82 bits per heavy atom. The van der Waals surface area contributed by atoms with E-state index in [2.05, 4.69) is 25.2 Å². The van der Waals surface area contributed by atoms with Gasteiger partial charge in [0.1, 0.15) is 12.7 Å². The van der Waals surface area contributed by atoms with Crippen LogP contribution in [0.2, 0.25) is 0 Å². The van der Waals surface area contributed by atoms with Gasteiger partial charge in [0.25, 0.3) is 5.91 Å². The van der Waals surface area contributed by atoms with Crippen molar-refractivity contribution in [3.63, 3.8) is 0 Å². The molecule has 1 aliphatic heterocycles. The molecule has 144 valence electrons. The standard InChI is InChI=1S/C18H18FN7O2/c1-28-15-3-2-13(10-14(15)19)18(27)25-8-6-24(7-9-25)16-4-5-17(23-22-16)26-12-20-11-21-26/h2-5,10-12H,6-9H2,1H3. The first kappa shape index (κ1) is 17.8. The maximum absolute atomic E-state index is 13.9. The van der Waals surface area contributed by atoms with E-state index in [1.807, 2.05) is 12.1 Å². The summed E-state index contributed by atoms with van der Waals surface area (Å²) in [6, 6.07) is 7.92. The number of piperazine rings is 1. The number of hydrogen-bond donors (Lipinski definition) is 0. The molecule has 1 aromatic carbocycles. The van der Waals surface area contributed by atoms with E-state index < -0.39 is 5.82 Å². The monoisotopic (exact) mass is 383 g/mol. The number of halogens is 1. The number of rotatable bonds is 4. The van der Waals surface area contributed by atoms with Gasteiger partial charge in [-0.1, -0.05) is 0 Å². The van der Waals surface area contributed by atoms with Crippen molar-refractivity contribution >= 4 is 11.7 Å². The molecular weight excluding hydrogens is 365 g/mol. The highest BCUT2D eigenvalue weighted by Gasteiger charge is 2.24. The van der Waals surface area contributed by atoms with Crippen LogP contribution in [0.4, 0.5) is 10.2 Å². The molecule has 9 nitrogen and oxygen atoms in total. The van der Waals surface area contributed by atoms with Gasteiger partial charge in [-0.25, -0.2) is 14.1 Å². The molecule has 2 aromatic heterocycles. The first-order chi connectivity index (χ1) is 13.7. The van der Waals surface area contributed by atoms with Crippen LogP contribution in [0.15, 0.2) is 43.0 Å². The minimum atomic E-state index is -0.547. The molecule has 0 saturated carbocycles. The summed E-state index contributed by atoms with van der Waals surface area (Å²) in [6.07, 6.45) is 2.98. The summed E-state index contributed by atoms with van der Waals surface area (Å²) in [4.78, 5) is 20.3. The van der Waals surface area contributed by atoms with Gasteiger partial charge in [0.2, 0.25) is 0 Å². The summed E-state index contributed by atoms with van der Waals surface area (Å²) < 4.78 is 20.3. The Balaban J connectivity index is 1.39. The van der Waals surface area contributed by atoms with Gasteiger partial charge < -0.3 is 14.5 Å². The molecule has 1 fully saturated rings. The quantitative estimate of drug-likeness (QED) is 0.668. The van der Waals surface area contributed by atoms with E-state index in [1.54, 1.807) is 17.3 Å². The number of aromatic nitrogens is 5. The zero-order valence-corrected chi connectivity index (χ0v) is 15.2. The van der Waals surface area contributed by atoms with Crippen LogP contribution in [0.1, 0.15) is 10.4 Å². The lowest BCUT2D eigenvalue weighted by Crippen LogP contribution is -2.49. The van der Waals surface area contributed by atoms with Gasteiger partial charge in [0.15, 0.2) is 23.2 Å². The Hall–Kier alpha value is -3.56. The zero-order valence-electron chi connectivity index (χ0n) is 15.2. The van der Waals surface area contributed by atoms with E-state index >= 15 is 0 Å². The number of carbonyl (C=O) groups is 1. The number of amides is 1. The van der Waals surface area contributed by atoms with Crippen LogP contribution in [-0.4, -0.2) is 69.1 Å². The molecule has 0 atom stereocenters. The van der Waals surface area contributed by atoms with Gasteiger partial charge in [0.05, 0.1) is 7.11 Å². The maximum Gasteiger partial charge on any atom is 0.254 e. The molecule has 0 spiro atoms.